The number of nitrogens with one attached hydrogen (secondary N) is 2. The molecule has 0 aliphatic rings. The van der Waals surface area contributed by atoms with Crippen LogP contribution in [0.15, 0.2) is 28.7 Å². The molecule has 20 heavy (non-hydrogen) atoms. The molecule has 1 heterocycles. The highest BCUT2D eigenvalue weighted by atomic mass is 79.9. The average molecular weight is 332 g/mol. The van der Waals surface area contributed by atoms with E-state index in [-0.39, 0.29) is 0 Å². The van der Waals surface area contributed by atoms with Gasteiger partial charge in [-0.2, -0.15) is 5.26 Å². The van der Waals surface area contributed by atoms with E-state index in [1.807, 2.05) is 12.3 Å². The maximum Gasteiger partial charge on any atom is 0.182 e. The van der Waals surface area contributed by atoms with E-state index in [0.717, 1.165) is 4.47 Å². The lowest BCUT2D eigenvalue weighted by molar-refractivity contribution is 1.02. The van der Waals surface area contributed by atoms with Crippen LogP contribution in [0.3, 0.4) is 0 Å². The molecule has 0 radical (unpaired) electrons. The first kappa shape index (κ1) is 14.3. The zero-order chi connectivity index (χ0) is 14.5. The Kier molecular flexibility index (Phi) is 4.53. The van der Waals surface area contributed by atoms with Crippen molar-refractivity contribution in [1.82, 2.24) is 9.97 Å². The van der Waals surface area contributed by atoms with Crippen molar-refractivity contribution in [3.05, 3.63) is 45.7 Å². The van der Waals surface area contributed by atoms with Crippen LogP contribution in [0.4, 0.5) is 11.6 Å². The average Bonchev–Trinajstić information content (AvgIpc) is 2.40. The molecule has 0 aliphatic heterocycles. The van der Waals surface area contributed by atoms with E-state index in [2.05, 4.69) is 55.6 Å². The third-order valence-corrected chi connectivity index (χ3v) is 3.29. The van der Waals surface area contributed by atoms with Crippen LogP contribution in [0.1, 0.15) is 17.0 Å². The highest BCUT2D eigenvalue weighted by molar-refractivity contribution is 9.10. The third-order valence-electron chi connectivity index (χ3n) is 2.79. The topological polar surface area (TPSA) is 73.6 Å². The largest absolute Gasteiger partial charge is 0.366 e. The van der Waals surface area contributed by atoms with Gasteiger partial charge in [-0.15, -0.1) is 0 Å². The summed E-state index contributed by atoms with van der Waals surface area (Å²) in [5, 5.41) is 14.4. The number of hydrogen-bond acceptors (Lipinski definition) is 5. The summed E-state index contributed by atoms with van der Waals surface area (Å²) in [4.78, 5) is 8.42. The fourth-order valence-electron chi connectivity index (χ4n) is 1.80. The minimum absolute atomic E-state index is 0.494. The Morgan fingerprint density at radius 2 is 1.95 bits per heavy atom. The van der Waals surface area contributed by atoms with Crippen molar-refractivity contribution in [2.75, 3.05) is 10.6 Å². The summed E-state index contributed by atoms with van der Waals surface area (Å²) in [6, 6.07) is 7.87. The Balaban J connectivity index is 2.14. The molecule has 2 N–H and O–H groups in total. The van der Waals surface area contributed by atoms with E-state index in [1.165, 1.54) is 11.1 Å². The van der Waals surface area contributed by atoms with Gasteiger partial charge >= 0.3 is 0 Å². The summed E-state index contributed by atoms with van der Waals surface area (Å²) >= 11 is 3.47. The molecule has 102 valence electrons. The second-order valence-corrected chi connectivity index (χ2v) is 5.26. The summed E-state index contributed by atoms with van der Waals surface area (Å²) in [6.07, 6.45) is 1.85. The molecule has 5 nitrogen and oxygen atoms in total. The van der Waals surface area contributed by atoms with E-state index >= 15 is 0 Å². The number of benzene rings is 1. The number of nitrogens with zero attached hydrogens (tertiary/aromatic N) is 3. The minimum atomic E-state index is 0.494. The van der Waals surface area contributed by atoms with Crippen molar-refractivity contribution < 1.29 is 0 Å². The third kappa shape index (κ3) is 3.68. The maximum atomic E-state index is 8.63. The van der Waals surface area contributed by atoms with E-state index in [1.54, 1.807) is 13.0 Å². The summed E-state index contributed by atoms with van der Waals surface area (Å²) in [6.45, 7) is 4.52. The first-order chi connectivity index (χ1) is 9.58. The fraction of sp³-hybridized carbons (Fsp3) is 0.214. The smallest absolute Gasteiger partial charge is 0.182 e. The lowest BCUT2D eigenvalue weighted by atomic mass is 10.1. The number of aromatic nitrogens is 2. The molecular formula is C14H14BrN5. The monoisotopic (exact) mass is 331 g/mol. The van der Waals surface area contributed by atoms with Crippen LogP contribution >= 0.6 is 15.9 Å². The van der Waals surface area contributed by atoms with Gasteiger partial charge in [0.15, 0.2) is 6.19 Å². The highest BCUT2D eigenvalue weighted by Crippen LogP contribution is 2.18. The Bertz CT molecular complexity index is 663. The molecular weight excluding hydrogens is 318 g/mol. The normalized spacial score (nSPS) is 9.90. The lowest BCUT2D eigenvalue weighted by Gasteiger charge is -2.10. The van der Waals surface area contributed by atoms with Crippen LogP contribution in [0.5, 0.6) is 0 Å². The summed E-state index contributed by atoms with van der Waals surface area (Å²) < 4.78 is 1.05. The van der Waals surface area contributed by atoms with E-state index < -0.39 is 0 Å². The Morgan fingerprint density at radius 1 is 1.20 bits per heavy atom. The molecule has 1 aromatic carbocycles. The van der Waals surface area contributed by atoms with Crippen LogP contribution in [-0.2, 0) is 6.54 Å². The molecule has 0 spiro atoms. The number of halogens is 1. The zero-order valence-corrected chi connectivity index (χ0v) is 12.8. The van der Waals surface area contributed by atoms with Gasteiger partial charge in [0.05, 0.1) is 0 Å². The molecule has 0 aliphatic carbocycles. The molecule has 0 fully saturated rings. The van der Waals surface area contributed by atoms with Crippen LogP contribution in [-0.4, -0.2) is 9.97 Å². The summed E-state index contributed by atoms with van der Waals surface area (Å²) in [5.74, 6) is 1.79. The number of hydrogen-bond donors (Lipinski definition) is 2. The van der Waals surface area contributed by atoms with Crippen LogP contribution < -0.4 is 10.6 Å². The molecule has 1 aromatic heterocycles. The van der Waals surface area contributed by atoms with Gasteiger partial charge in [-0.3, -0.25) is 5.32 Å². The van der Waals surface area contributed by atoms with Gasteiger partial charge in [0, 0.05) is 17.1 Å². The van der Waals surface area contributed by atoms with Gasteiger partial charge in [0.1, 0.15) is 17.5 Å². The van der Waals surface area contributed by atoms with Gasteiger partial charge in [-0.05, 0) is 37.1 Å². The SMILES string of the molecule is Cc1nc(NC#N)cc(NCc2cc(Br)ccc2C)n1. The Morgan fingerprint density at radius 3 is 2.70 bits per heavy atom. The first-order valence-electron chi connectivity index (χ1n) is 6.08. The Labute approximate surface area is 126 Å². The van der Waals surface area contributed by atoms with Crippen LogP contribution in [0, 0.1) is 25.3 Å². The van der Waals surface area contributed by atoms with Gasteiger partial charge in [0.2, 0.25) is 0 Å². The second kappa shape index (κ2) is 6.35. The first-order valence-corrected chi connectivity index (χ1v) is 6.87. The number of aryl methyl sites for hydroxylation is 2. The quantitative estimate of drug-likeness (QED) is 0.663. The van der Waals surface area contributed by atoms with E-state index in [0.29, 0.717) is 24.0 Å². The van der Waals surface area contributed by atoms with Crippen LogP contribution in [0.25, 0.3) is 0 Å². The van der Waals surface area contributed by atoms with Gasteiger partial charge in [0.25, 0.3) is 0 Å². The highest BCUT2D eigenvalue weighted by Gasteiger charge is 2.03. The van der Waals surface area contributed by atoms with Crippen molar-refractivity contribution >= 4 is 27.6 Å². The molecule has 0 amide bonds. The molecule has 6 heteroatoms. The molecule has 2 rings (SSSR count). The molecule has 0 saturated heterocycles. The summed E-state index contributed by atoms with van der Waals surface area (Å²) in [7, 11) is 0. The predicted octanol–water partition coefficient (Wildman–Crippen LogP) is 3.36. The van der Waals surface area contributed by atoms with Crippen molar-refractivity contribution in [3.63, 3.8) is 0 Å². The second-order valence-electron chi connectivity index (χ2n) is 4.35. The van der Waals surface area contributed by atoms with Gasteiger partial charge < -0.3 is 5.32 Å². The number of rotatable bonds is 4. The predicted molar refractivity (Wildman–Crippen MR) is 82.2 cm³/mol. The molecule has 2 aromatic rings. The van der Waals surface area contributed by atoms with Crippen molar-refractivity contribution in [2.24, 2.45) is 0 Å². The number of anilines is 2. The van der Waals surface area contributed by atoms with Gasteiger partial charge in [-0.25, -0.2) is 9.97 Å². The standard InChI is InChI=1S/C14H14BrN5/c1-9-3-4-12(15)5-11(9)7-17-13-6-14(18-8-16)20-10(2)19-13/h3-6H,7H2,1-2H3,(H2,17,18,19,20). The van der Waals surface area contributed by atoms with Crippen LogP contribution in [0.2, 0.25) is 0 Å². The molecule has 0 bridgehead atoms. The molecule has 0 unspecified atom stereocenters. The van der Waals surface area contributed by atoms with E-state index in [4.69, 9.17) is 5.26 Å². The maximum absolute atomic E-state index is 8.63. The van der Waals surface area contributed by atoms with Crippen molar-refractivity contribution in [3.8, 4) is 6.19 Å². The van der Waals surface area contributed by atoms with Crippen molar-refractivity contribution in [2.45, 2.75) is 20.4 Å². The molecule has 0 atom stereocenters. The lowest BCUT2D eigenvalue weighted by Crippen LogP contribution is -2.06. The van der Waals surface area contributed by atoms with Crippen molar-refractivity contribution in [1.29, 1.82) is 5.26 Å². The molecule has 0 saturated carbocycles. The Hall–Kier alpha value is -2.13. The fourth-order valence-corrected chi connectivity index (χ4v) is 2.20. The number of nitriles is 1. The zero-order valence-electron chi connectivity index (χ0n) is 11.2. The minimum Gasteiger partial charge on any atom is -0.366 e. The van der Waals surface area contributed by atoms with Gasteiger partial charge in [-0.1, -0.05) is 22.0 Å². The summed E-state index contributed by atoms with van der Waals surface area (Å²) in [5.41, 5.74) is 2.40. The van der Waals surface area contributed by atoms with E-state index in [9.17, 15) is 0 Å².